The monoisotopic (exact) mass is 414 g/mol. The summed E-state index contributed by atoms with van der Waals surface area (Å²) in [6.45, 7) is 9.40. The number of Topliss-reactive ketones (excluding diaryl/α,β-unsaturated/α-hetero) is 1. The molecule has 164 valence electrons. The average Bonchev–Trinajstić information content (AvgIpc) is 2.92. The van der Waals surface area contributed by atoms with Crippen LogP contribution in [0.5, 0.6) is 0 Å². The molecule has 4 rings (SSSR count). The van der Waals surface area contributed by atoms with E-state index in [0.29, 0.717) is 36.4 Å². The number of esters is 2. The van der Waals surface area contributed by atoms with Gasteiger partial charge >= 0.3 is 11.9 Å². The number of hydrogen-bond donors (Lipinski definition) is 0. The van der Waals surface area contributed by atoms with Crippen LogP contribution < -0.4 is 0 Å². The van der Waals surface area contributed by atoms with Crippen LogP contribution in [0.15, 0.2) is 23.3 Å². The third-order valence-electron chi connectivity index (χ3n) is 8.73. The fourth-order valence-electron chi connectivity index (χ4n) is 7.48. The Kier molecular flexibility index (Phi) is 5.22. The lowest BCUT2D eigenvalue weighted by Gasteiger charge is -2.58. The lowest BCUT2D eigenvalue weighted by Crippen LogP contribution is -2.54. The van der Waals surface area contributed by atoms with E-state index in [2.05, 4.69) is 19.9 Å². The van der Waals surface area contributed by atoms with Gasteiger partial charge in [0.2, 0.25) is 0 Å². The summed E-state index contributed by atoms with van der Waals surface area (Å²) >= 11 is 0. The van der Waals surface area contributed by atoms with E-state index in [1.807, 2.05) is 13.0 Å². The van der Waals surface area contributed by atoms with Crippen molar-refractivity contribution in [2.75, 3.05) is 0 Å². The van der Waals surface area contributed by atoms with Crippen LogP contribution in [0.4, 0.5) is 0 Å². The zero-order chi connectivity index (χ0) is 21.8. The molecule has 30 heavy (non-hydrogen) atoms. The van der Waals surface area contributed by atoms with Crippen molar-refractivity contribution < 1.29 is 23.9 Å². The summed E-state index contributed by atoms with van der Waals surface area (Å²) in [4.78, 5) is 36.3. The summed E-state index contributed by atoms with van der Waals surface area (Å²) < 4.78 is 11.3. The molecule has 0 aromatic carbocycles. The van der Waals surface area contributed by atoms with Crippen molar-refractivity contribution in [2.24, 2.45) is 28.6 Å². The predicted octanol–water partition coefficient (Wildman–Crippen LogP) is 4.55. The van der Waals surface area contributed by atoms with Crippen molar-refractivity contribution in [1.82, 2.24) is 0 Å². The lowest BCUT2D eigenvalue weighted by atomic mass is 9.47. The quantitative estimate of drug-likeness (QED) is 0.377. The van der Waals surface area contributed by atoms with Gasteiger partial charge in [-0.1, -0.05) is 26.0 Å². The Balaban J connectivity index is 1.70. The van der Waals surface area contributed by atoms with E-state index in [-0.39, 0.29) is 22.8 Å². The molecule has 0 saturated heterocycles. The summed E-state index contributed by atoms with van der Waals surface area (Å²) in [7, 11) is 0. The number of ketones is 1. The van der Waals surface area contributed by atoms with Gasteiger partial charge < -0.3 is 9.47 Å². The zero-order valence-corrected chi connectivity index (χ0v) is 18.8. The molecule has 0 spiro atoms. The molecule has 0 aliphatic heterocycles. The number of allylic oxidation sites excluding steroid dienone is 3. The Hall–Kier alpha value is -1.91. The van der Waals surface area contributed by atoms with Crippen LogP contribution in [0, 0.1) is 28.6 Å². The van der Waals surface area contributed by atoms with Gasteiger partial charge in [0.05, 0.1) is 0 Å². The minimum absolute atomic E-state index is 0.0149. The molecule has 0 aromatic rings. The van der Waals surface area contributed by atoms with Crippen molar-refractivity contribution in [1.29, 1.82) is 0 Å². The number of ether oxygens (including phenoxy) is 2. The van der Waals surface area contributed by atoms with Gasteiger partial charge in [-0.3, -0.25) is 14.4 Å². The molecule has 4 aliphatic carbocycles. The minimum atomic E-state index is -0.504. The van der Waals surface area contributed by atoms with Crippen LogP contribution in [0.1, 0.15) is 73.1 Å². The van der Waals surface area contributed by atoms with E-state index in [0.717, 1.165) is 36.8 Å². The van der Waals surface area contributed by atoms with Crippen molar-refractivity contribution in [3.05, 3.63) is 23.3 Å². The molecule has 5 nitrogen and oxygen atoms in total. The first-order valence-electron chi connectivity index (χ1n) is 11.4. The fraction of sp³-hybridized carbons (Fsp3) is 0.720. The summed E-state index contributed by atoms with van der Waals surface area (Å²) in [6.07, 6.45) is 8.60. The molecule has 3 saturated carbocycles. The summed E-state index contributed by atoms with van der Waals surface area (Å²) in [5.74, 6) is 0.925. The highest BCUT2D eigenvalue weighted by Crippen LogP contribution is 2.65. The Morgan fingerprint density at radius 2 is 1.70 bits per heavy atom. The summed E-state index contributed by atoms with van der Waals surface area (Å²) in [5.41, 5.74) is 2.04. The highest BCUT2D eigenvalue weighted by molar-refractivity contribution is 5.99. The second kappa shape index (κ2) is 7.35. The van der Waals surface area contributed by atoms with Crippen molar-refractivity contribution >= 4 is 17.7 Å². The van der Waals surface area contributed by atoms with Crippen molar-refractivity contribution in [3.8, 4) is 0 Å². The molecular formula is C25H34O5. The smallest absolute Gasteiger partial charge is 0.303 e. The van der Waals surface area contributed by atoms with Gasteiger partial charge in [0, 0.05) is 20.3 Å². The van der Waals surface area contributed by atoms with Crippen LogP contribution in [0.25, 0.3) is 0 Å². The largest absolute Gasteiger partial charge is 0.458 e. The van der Waals surface area contributed by atoms with Crippen molar-refractivity contribution in [2.45, 2.75) is 85.4 Å². The summed E-state index contributed by atoms with van der Waals surface area (Å²) in [6, 6.07) is 0. The molecule has 0 N–H and O–H groups in total. The molecule has 0 unspecified atom stereocenters. The Morgan fingerprint density at radius 3 is 2.33 bits per heavy atom. The van der Waals surface area contributed by atoms with Gasteiger partial charge in [-0.15, -0.1) is 0 Å². The molecule has 3 fully saturated rings. The van der Waals surface area contributed by atoms with Crippen LogP contribution in [0.3, 0.4) is 0 Å². The number of carbonyl (C=O) groups excluding carboxylic acids is 3. The van der Waals surface area contributed by atoms with Crippen molar-refractivity contribution in [3.63, 3.8) is 0 Å². The van der Waals surface area contributed by atoms with E-state index in [9.17, 15) is 14.4 Å². The zero-order valence-electron chi connectivity index (χ0n) is 18.8. The number of fused-ring (bicyclic) bond motifs is 5. The van der Waals surface area contributed by atoms with E-state index >= 15 is 0 Å². The van der Waals surface area contributed by atoms with Gasteiger partial charge in [0.25, 0.3) is 0 Å². The summed E-state index contributed by atoms with van der Waals surface area (Å²) in [5, 5.41) is 0. The van der Waals surface area contributed by atoms with E-state index < -0.39 is 12.2 Å². The molecule has 7 atom stereocenters. The first-order chi connectivity index (χ1) is 14.1. The standard InChI is InChI=1S/C25H34O5/c1-6-17-21(28)13-20-16-7-8-19-23(30-15(3)27)22(29-14(2)26)10-12-25(19,5)18(16)9-11-24(17,20)4/h6,8,16,18,20,22-23H,7,9-13H2,1-5H3/b17-6+/t16-,18+,20+,22+,23-,24-,25-/m1/s1. The van der Waals surface area contributed by atoms with Crippen LogP contribution in [-0.4, -0.2) is 29.9 Å². The average molecular weight is 415 g/mol. The first-order valence-corrected chi connectivity index (χ1v) is 11.4. The van der Waals surface area contributed by atoms with Gasteiger partial charge in [-0.2, -0.15) is 0 Å². The maximum absolute atomic E-state index is 12.7. The van der Waals surface area contributed by atoms with Gasteiger partial charge in [-0.25, -0.2) is 0 Å². The first kappa shape index (κ1) is 21.3. The van der Waals surface area contributed by atoms with E-state index in [1.54, 1.807) is 0 Å². The molecule has 4 aliphatic rings. The lowest BCUT2D eigenvalue weighted by molar-refractivity contribution is -0.169. The Bertz CT molecular complexity index is 838. The van der Waals surface area contributed by atoms with E-state index in [4.69, 9.17) is 9.47 Å². The number of hydrogen-bond acceptors (Lipinski definition) is 5. The third kappa shape index (κ3) is 3.07. The van der Waals surface area contributed by atoms with Crippen LogP contribution in [-0.2, 0) is 23.9 Å². The third-order valence-corrected chi connectivity index (χ3v) is 8.73. The Morgan fingerprint density at radius 1 is 1.03 bits per heavy atom. The Labute approximate surface area is 179 Å². The van der Waals surface area contributed by atoms with Crippen LogP contribution >= 0.6 is 0 Å². The molecule has 0 radical (unpaired) electrons. The maximum atomic E-state index is 12.7. The second-order valence-corrected chi connectivity index (χ2v) is 10.2. The molecule has 0 amide bonds. The number of rotatable bonds is 2. The maximum Gasteiger partial charge on any atom is 0.303 e. The molecular weight excluding hydrogens is 380 g/mol. The minimum Gasteiger partial charge on any atom is -0.458 e. The van der Waals surface area contributed by atoms with Gasteiger partial charge in [-0.05, 0) is 78.8 Å². The predicted molar refractivity (Wildman–Crippen MR) is 112 cm³/mol. The SMILES string of the molecule is C/C=C1\C(=O)C[C@H]2[C@@H]3CC=C4[C@@H](OC(C)=O)[C@@H](OC(C)=O)CC[C@]4(C)[C@H]3CC[C@]12C. The topological polar surface area (TPSA) is 69.7 Å². The van der Waals surface area contributed by atoms with Gasteiger partial charge in [0.1, 0.15) is 6.10 Å². The molecule has 0 aromatic heterocycles. The van der Waals surface area contributed by atoms with Gasteiger partial charge in [0.15, 0.2) is 11.9 Å². The number of carbonyl (C=O) groups is 3. The van der Waals surface area contributed by atoms with E-state index in [1.165, 1.54) is 13.8 Å². The van der Waals surface area contributed by atoms with Crippen LogP contribution in [0.2, 0.25) is 0 Å². The highest BCUT2D eigenvalue weighted by Gasteiger charge is 2.60. The highest BCUT2D eigenvalue weighted by atomic mass is 16.6. The second-order valence-electron chi connectivity index (χ2n) is 10.2. The molecule has 0 bridgehead atoms. The molecule has 5 heteroatoms. The fourth-order valence-corrected chi connectivity index (χ4v) is 7.48. The molecule has 0 heterocycles. The normalized spacial score (nSPS) is 43.9.